The lowest BCUT2D eigenvalue weighted by Crippen LogP contribution is -2.32. The number of amides is 1. The molecule has 0 fully saturated rings. The summed E-state index contributed by atoms with van der Waals surface area (Å²) in [4.78, 5) is 23.5. The number of ether oxygens (including phenoxy) is 1. The van der Waals surface area contributed by atoms with E-state index < -0.39 is 11.2 Å². The highest BCUT2D eigenvalue weighted by atomic mass is 32.2. The van der Waals surface area contributed by atoms with Crippen LogP contribution in [0.1, 0.15) is 13.8 Å². The molecular formula is C13H15NO3S2. The molecule has 6 heteroatoms. The minimum Gasteiger partial charge on any atom is -0.479 e. The van der Waals surface area contributed by atoms with Crippen LogP contribution in [0.4, 0.5) is 5.69 Å². The van der Waals surface area contributed by atoms with Crippen LogP contribution in [0.15, 0.2) is 30.3 Å². The van der Waals surface area contributed by atoms with Crippen LogP contribution in [-0.4, -0.2) is 27.9 Å². The molecule has 1 amide bonds. The first-order valence-electron chi connectivity index (χ1n) is 5.74. The Hall–Kier alpha value is -1.40. The van der Waals surface area contributed by atoms with Gasteiger partial charge >= 0.3 is 0 Å². The Morgan fingerprint density at radius 1 is 1.37 bits per heavy atom. The van der Waals surface area contributed by atoms with Gasteiger partial charge in [0.15, 0.2) is 11.0 Å². The van der Waals surface area contributed by atoms with Gasteiger partial charge < -0.3 is 10.1 Å². The Kier molecular flexibility index (Phi) is 6.52. The standard InChI is InChI=1S/C13H15NO3S2/c1-3-17-13(18)19-11(9(2)15)12(16)14-10-7-5-4-6-8-10/h4-8,11H,3H2,1-2H3,(H,14,16). The monoisotopic (exact) mass is 297 g/mol. The number of carbonyl (C=O) groups is 2. The van der Waals surface area contributed by atoms with Gasteiger partial charge in [0.1, 0.15) is 0 Å². The van der Waals surface area contributed by atoms with Gasteiger partial charge in [-0.1, -0.05) is 30.0 Å². The van der Waals surface area contributed by atoms with Gasteiger partial charge in [-0.15, -0.1) is 0 Å². The van der Waals surface area contributed by atoms with Crippen LogP contribution in [0.3, 0.4) is 0 Å². The smallest absolute Gasteiger partial charge is 0.245 e. The third-order valence-electron chi connectivity index (χ3n) is 2.12. The van der Waals surface area contributed by atoms with Crippen molar-refractivity contribution in [3.63, 3.8) is 0 Å². The van der Waals surface area contributed by atoms with E-state index in [1.54, 1.807) is 31.2 Å². The molecule has 19 heavy (non-hydrogen) atoms. The second-order valence-corrected chi connectivity index (χ2v) is 5.35. The van der Waals surface area contributed by atoms with E-state index in [1.807, 2.05) is 6.07 Å². The van der Waals surface area contributed by atoms with Crippen LogP contribution in [0.2, 0.25) is 0 Å². The van der Waals surface area contributed by atoms with Gasteiger partial charge in [0.05, 0.1) is 6.61 Å². The molecule has 0 aliphatic carbocycles. The van der Waals surface area contributed by atoms with E-state index in [4.69, 9.17) is 17.0 Å². The van der Waals surface area contributed by atoms with Crippen molar-refractivity contribution in [3.8, 4) is 0 Å². The molecule has 0 saturated carbocycles. The molecule has 0 aliphatic rings. The number of thioether (sulfide) groups is 1. The number of ketones is 1. The van der Waals surface area contributed by atoms with Gasteiger partial charge in [-0.2, -0.15) is 0 Å². The Morgan fingerprint density at radius 2 is 2.00 bits per heavy atom. The van der Waals surface area contributed by atoms with E-state index in [2.05, 4.69) is 5.32 Å². The maximum absolute atomic E-state index is 12.0. The number of para-hydroxylation sites is 1. The molecule has 0 radical (unpaired) electrons. The summed E-state index contributed by atoms with van der Waals surface area (Å²) in [7, 11) is 0. The fourth-order valence-electron chi connectivity index (χ4n) is 1.30. The van der Waals surface area contributed by atoms with Gasteiger partial charge in [0.25, 0.3) is 0 Å². The number of benzene rings is 1. The minimum absolute atomic E-state index is 0.200. The number of hydrogen-bond donors (Lipinski definition) is 1. The van der Waals surface area contributed by atoms with E-state index in [1.165, 1.54) is 6.92 Å². The molecule has 0 saturated heterocycles. The maximum atomic E-state index is 12.0. The molecule has 1 atom stereocenters. The average molecular weight is 297 g/mol. The van der Waals surface area contributed by atoms with Crippen molar-refractivity contribution < 1.29 is 14.3 Å². The van der Waals surface area contributed by atoms with Crippen LogP contribution in [0.5, 0.6) is 0 Å². The number of carbonyl (C=O) groups excluding carboxylic acids is 2. The molecule has 4 nitrogen and oxygen atoms in total. The molecular weight excluding hydrogens is 282 g/mol. The van der Waals surface area contributed by atoms with E-state index >= 15 is 0 Å². The summed E-state index contributed by atoms with van der Waals surface area (Å²) < 4.78 is 5.28. The van der Waals surface area contributed by atoms with E-state index in [9.17, 15) is 9.59 Å². The molecule has 1 aromatic rings. The Morgan fingerprint density at radius 3 is 2.53 bits per heavy atom. The van der Waals surface area contributed by atoms with E-state index in [-0.39, 0.29) is 10.2 Å². The molecule has 1 rings (SSSR count). The van der Waals surface area contributed by atoms with Crippen LogP contribution < -0.4 is 5.32 Å². The second-order valence-electron chi connectivity index (χ2n) is 3.65. The average Bonchev–Trinajstić information content (AvgIpc) is 2.37. The lowest BCUT2D eigenvalue weighted by Gasteiger charge is -2.14. The SMILES string of the molecule is CCOC(=S)SC(C(C)=O)C(=O)Nc1ccccc1. The summed E-state index contributed by atoms with van der Waals surface area (Å²) in [6, 6.07) is 8.95. The Balaban J connectivity index is 2.68. The van der Waals surface area contributed by atoms with Gasteiger partial charge in [-0.25, -0.2) is 0 Å². The highest BCUT2D eigenvalue weighted by molar-refractivity contribution is 8.23. The fraction of sp³-hybridized carbons (Fsp3) is 0.308. The zero-order valence-electron chi connectivity index (χ0n) is 10.7. The summed E-state index contributed by atoms with van der Waals surface area (Å²) in [5.41, 5.74) is 0.640. The fourth-order valence-corrected chi connectivity index (χ4v) is 2.42. The highest BCUT2D eigenvalue weighted by Gasteiger charge is 2.26. The first-order valence-corrected chi connectivity index (χ1v) is 7.03. The molecule has 1 unspecified atom stereocenters. The van der Waals surface area contributed by atoms with Crippen LogP contribution in [-0.2, 0) is 14.3 Å². The molecule has 1 N–H and O–H groups in total. The van der Waals surface area contributed by atoms with Gasteiger partial charge in [0, 0.05) is 5.69 Å². The van der Waals surface area contributed by atoms with Crippen molar-refractivity contribution in [1.82, 2.24) is 0 Å². The summed E-state index contributed by atoms with van der Waals surface area (Å²) in [5.74, 6) is -0.661. The zero-order valence-corrected chi connectivity index (χ0v) is 12.3. The quantitative estimate of drug-likeness (QED) is 0.669. The van der Waals surface area contributed by atoms with Crippen molar-refractivity contribution in [1.29, 1.82) is 0 Å². The molecule has 0 aliphatic heterocycles. The minimum atomic E-state index is -0.890. The predicted octanol–water partition coefficient (Wildman–Crippen LogP) is 2.64. The summed E-state index contributed by atoms with van der Waals surface area (Å²) in [6.45, 7) is 3.56. The first-order chi connectivity index (χ1) is 9.04. The number of thiocarbonyl (C=S) groups is 1. The second kappa shape index (κ2) is 7.91. The van der Waals surface area contributed by atoms with Crippen molar-refractivity contribution in [2.75, 3.05) is 11.9 Å². The molecule has 102 valence electrons. The first kappa shape index (κ1) is 15.7. The molecule has 1 aromatic carbocycles. The van der Waals surface area contributed by atoms with Gasteiger partial charge in [0.2, 0.25) is 10.3 Å². The summed E-state index contributed by atoms with van der Waals surface area (Å²) in [5, 5.41) is 1.79. The lowest BCUT2D eigenvalue weighted by atomic mass is 10.2. The molecule has 0 heterocycles. The number of hydrogen-bond acceptors (Lipinski definition) is 5. The number of rotatable bonds is 5. The van der Waals surface area contributed by atoms with Crippen molar-refractivity contribution in [2.45, 2.75) is 19.1 Å². The number of anilines is 1. The van der Waals surface area contributed by atoms with E-state index in [0.29, 0.717) is 12.3 Å². The third kappa shape index (κ3) is 5.40. The van der Waals surface area contributed by atoms with Crippen molar-refractivity contribution >= 4 is 45.7 Å². The highest BCUT2D eigenvalue weighted by Crippen LogP contribution is 2.18. The number of Topliss-reactive ketones (excluding diaryl/α,β-unsaturated/α-hetero) is 1. The van der Waals surface area contributed by atoms with Crippen LogP contribution in [0, 0.1) is 0 Å². The molecule has 0 aromatic heterocycles. The largest absolute Gasteiger partial charge is 0.479 e. The van der Waals surface area contributed by atoms with Crippen molar-refractivity contribution in [3.05, 3.63) is 30.3 Å². The van der Waals surface area contributed by atoms with Crippen LogP contribution >= 0.6 is 24.0 Å². The number of nitrogens with one attached hydrogen (secondary N) is 1. The third-order valence-corrected chi connectivity index (χ3v) is 3.62. The van der Waals surface area contributed by atoms with E-state index in [0.717, 1.165) is 11.8 Å². The predicted molar refractivity (Wildman–Crippen MR) is 81.4 cm³/mol. The van der Waals surface area contributed by atoms with Crippen molar-refractivity contribution in [2.24, 2.45) is 0 Å². The van der Waals surface area contributed by atoms with Crippen LogP contribution in [0.25, 0.3) is 0 Å². The van der Waals surface area contributed by atoms with Gasteiger partial charge in [-0.3, -0.25) is 9.59 Å². The Labute approximate surface area is 121 Å². The summed E-state index contributed by atoms with van der Waals surface area (Å²) >= 11 is 5.89. The normalized spacial score (nSPS) is 11.5. The van der Waals surface area contributed by atoms with Gasteiger partial charge in [-0.05, 0) is 38.2 Å². The molecule has 0 spiro atoms. The summed E-state index contributed by atoms with van der Waals surface area (Å²) in [6.07, 6.45) is 0. The maximum Gasteiger partial charge on any atom is 0.245 e. The molecule has 0 bridgehead atoms. The Bertz CT molecular complexity index is 462. The topological polar surface area (TPSA) is 55.4 Å². The zero-order chi connectivity index (χ0) is 14.3. The lowest BCUT2D eigenvalue weighted by molar-refractivity contribution is -0.123.